The van der Waals surface area contributed by atoms with Crippen LogP contribution in [0.5, 0.6) is 17.5 Å². The van der Waals surface area contributed by atoms with Gasteiger partial charge in [0.25, 0.3) is 11.1 Å². The van der Waals surface area contributed by atoms with Crippen molar-refractivity contribution in [3.05, 3.63) is 64.5 Å². The third-order valence-electron chi connectivity index (χ3n) is 5.28. The summed E-state index contributed by atoms with van der Waals surface area (Å²) in [5.41, 5.74) is 0.770. The van der Waals surface area contributed by atoms with Crippen LogP contribution >= 0.6 is 23.4 Å². The van der Waals surface area contributed by atoms with Crippen LogP contribution in [0.3, 0.4) is 0 Å². The van der Waals surface area contributed by atoms with Crippen LogP contribution in [-0.4, -0.2) is 50.3 Å². The predicted molar refractivity (Wildman–Crippen MR) is 131 cm³/mol. The SMILES string of the molecule is O=C1NC(=O)C(=Cc2ccc(Oc3cc(OC4CCN(c5ncc(Cl)cn5)CC4)ncn3)cc2)S1. The normalized spacial score (nSPS) is 17.5. The second kappa shape index (κ2) is 10.3. The molecular formula is C23H19ClN6O4S. The van der Waals surface area contributed by atoms with Crippen LogP contribution in [-0.2, 0) is 4.79 Å². The van der Waals surface area contributed by atoms with Gasteiger partial charge in [-0.2, -0.15) is 0 Å². The minimum Gasteiger partial charge on any atom is -0.474 e. The van der Waals surface area contributed by atoms with E-state index in [0.29, 0.717) is 33.4 Å². The molecule has 178 valence electrons. The topological polar surface area (TPSA) is 119 Å². The first-order valence-corrected chi connectivity index (χ1v) is 12.0. The van der Waals surface area contributed by atoms with E-state index in [1.165, 1.54) is 6.33 Å². The van der Waals surface area contributed by atoms with Gasteiger partial charge in [-0.05, 0) is 35.5 Å². The van der Waals surface area contributed by atoms with E-state index in [0.717, 1.165) is 43.3 Å². The monoisotopic (exact) mass is 510 g/mol. The van der Waals surface area contributed by atoms with Crippen LogP contribution < -0.4 is 19.7 Å². The minimum absolute atomic E-state index is 0.00570. The largest absolute Gasteiger partial charge is 0.474 e. The molecule has 2 aromatic heterocycles. The second-order valence-electron chi connectivity index (χ2n) is 7.72. The van der Waals surface area contributed by atoms with Crippen molar-refractivity contribution in [2.24, 2.45) is 0 Å². The van der Waals surface area contributed by atoms with E-state index in [-0.39, 0.29) is 11.3 Å². The summed E-state index contributed by atoms with van der Waals surface area (Å²) in [5, 5.41) is 2.37. The van der Waals surface area contributed by atoms with Crippen LogP contribution in [0.4, 0.5) is 10.7 Å². The lowest BCUT2D eigenvalue weighted by molar-refractivity contribution is -0.115. The number of carbonyl (C=O) groups is 2. The Bertz CT molecular complexity index is 1260. The van der Waals surface area contributed by atoms with Crippen LogP contribution in [0, 0.1) is 0 Å². The Kier molecular flexibility index (Phi) is 6.77. The van der Waals surface area contributed by atoms with Gasteiger partial charge < -0.3 is 14.4 Å². The molecule has 2 fully saturated rings. The molecule has 0 unspecified atom stereocenters. The molecule has 4 heterocycles. The number of aromatic nitrogens is 4. The van der Waals surface area contributed by atoms with Crippen molar-refractivity contribution < 1.29 is 19.1 Å². The lowest BCUT2D eigenvalue weighted by atomic mass is 10.1. The third kappa shape index (κ3) is 5.87. The van der Waals surface area contributed by atoms with Crippen molar-refractivity contribution in [2.45, 2.75) is 18.9 Å². The number of halogens is 1. The molecule has 12 heteroatoms. The maximum absolute atomic E-state index is 11.7. The Hall–Kier alpha value is -3.70. The number of carbonyl (C=O) groups excluding carboxylic acids is 2. The molecule has 1 N–H and O–H groups in total. The van der Waals surface area contributed by atoms with Crippen molar-refractivity contribution in [3.8, 4) is 17.5 Å². The first kappa shape index (κ1) is 23.1. The number of nitrogens with one attached hydrogen (secondary N) is 1. The molecule has 2 saturated heterocycles. The standard InChI is InChI=1S/C23H19ClN6O4S/c24-15-11-25-22(26-12-15)30-7-5-17(6-8-30)34-20-10-19(27-13-28-20)33-16-3-1-14(2-4-16)9-18-21(31)29-23(32)35-18/h1-4,9-13,17H,5-8H2,(H,29,31,32). The van der Waals surface area contributed by atoms with E-state index in [1.54, 1.807) is 48.8 Å². The number of anilines is 1. The number of thioether (sulfide) groups is 1. The molecule has 0 saturated carbocycles. The molecule has 3 aromatic rings. The van der Waals surface area contributed by atoms with E-state index in [9.17, 15) is 9.59 Å². The molecule has 0 aliphatic carbocycles. The summed E-state index contributed by atoms with van der Waals surface area (Å²) in [5.74, 6) is 1.62. The number of rotatable bonds is 6. The smallest absolute Gasteiger partial charge is 0.290 e. The summed E-state index contributed by atoms with van der Waals surface area (Å²) >= 11 is 6.74. The van der Waals surface area contributed by atoms with Gasteiger partial charge in [-0.25, -0.2) is 19.9 Å². The Morgan fingerprint density at radius 2 is 1.74 bits per heavy atom. The third-order valence-corrected chi connectivity index (χ3v) is 6.28. The molecule has 1 aromatic carbocycles. The van der Waals surface area contributed by atoms with Gasteiger partial charge in [-0.15, -0.1) is 0 Å². The zero-order valence-electron chi connectivity index (χ0n) is 18.3. The summed E-state index contributed by atoms with van der Waals surface area (Å²) in [6.07, 6.45) is 7.83. The highest BCUT2D eigenvalue weighted by Gasteiger charge is 2.25. The number of imide groups is 1. The van der Waals surface area contributed by atoms with Gasteiger partial charge in [-0.1, -0.05) is 23.7 Å². The van der Waals surface area contributed by atoms with Crippen LogP contribution in [0.25, 0.3) is 6.08 Å². The van der Waals surface area contributed by atoms with Crippen LogP contribution in [0.2, 0.25) is 5.02 Å². The van der Waals surface area contributed by atoms with Crippen molar-refractivity contribution in [3.63, 3.8) is 0 Å². The Morgan fingerprint density at radius 3 is 2.43 bits per heavy atom. The fourth-order valence-corrected chi connectivity index (χ4v) is 4.36. The van der Waals surface area contributed by atoms with Crippen molar-refractivity contribution in [1.29, 1.82) is 0 Å². The number of benzene rings is 1. The van der Waals surface area contributed by atoms with E-state index in [1.807, 2.05) is 0 Å². The predicted octanol–water partition coefficient (Wildman–Crippen LogP) is 4.08. The average molecular weight is 511 g/mol. The Labute approximate surface area is 209 Å². The van der Waals surface area contributed by atoms with E-state index >= 15 is 0 Å². The molecular weight excluding hydrogens is 492 g/mol. The van der Waals surface area contributed by atoms with Gasteiger partial charge in [0.1, 0.15) is 18.2 Å². The molecule has 2 amide bonds. The highest BCUT2D eigenvalue weighted by molar-refractivity contribution is 8.18. The first-order valence-electron chi connectivity index (χ1n) is 10.8. The quantitative estimate of drug-likeness (QED) is 0.485. The minimum atomic E-state index is -0.391. The maximum atomic E-state index is 11.7. The highest BCUT2D eigenvalue weighted by atomic mass is 35.5. The van der Waals surface area contributed by atoms with Gasteiger partial charge in [-0.3, -0.25) is 14.9 Å². The number of piperidine rings is 1. The van der Waals surface area contributed by atoms with Gasteiger partial charge in [0, 0.05) is 25.9 Å². The van der Waals surface area contributed by atoms with E-state index in [4.69, 9.17) is 21.1 Å². The lowest BCUT2D eigenvalue weighted by Crippen LogP contribution is -2.39. The fraction of sp³-hybridized carbons (Fsp3) is 0.217. The molecule has 10 nitrogen and oxygen atoms in total. The molecule has 0 atom stereocenters. The van der Waals surface area contributed by atoms with E-state index < -0.39 is 5.91 Å². The maximum Gasteiger partial charge on any atom is 0.290 e. The summed E-state index contributed by atoms with van der Waals surface area (Å²) in [6, 6.07) is 8.73. The van der Waals surface area contributed by atoms with Gasteiger partial charge in [0.05, 0.1) is 28.4 Å². The Balaban J connectivity index is 1.16. The van der Waals surface area contributed by atoms with Gasteiger partial charge in [0.2, 0.25) is 17.7 Å². The molecule has 0 bridgehead atoms. The van der Waals surface area contributed by atoms with Gasteiger partial charge in [0.15, 0.2) is 0 Å². The van der Waals surface area contributed by atoms with Crippen LogP contribution in [0.1, 0.15) is 18.4 Å². The number of hydrogen-bond donors (Lipinski definition) is 1. The average Bonchev–Trinajstić information content (AvgIpc) is 3.18. The van der Waals surface area contributed by atoms with E-state index in [2.05, 4.69) is 30.2 Å². The fourth-order valence-electron chi connectivity index (χ4n) is 3.58. The van der Waals surface area contributed by atoms with Crippen molar-refractivity contribution in [1.82, 2.24) is 25.3 Å². The lowest BCUT2D eigenvalue weighted by Gasteiger charge is -2.31. The molecule has 0 radical (unpaired) electrons. The van der Waals surface area contributed by atoms with Crippen molar-refractivity contribution >= 4 is 46.5 Å². The summed E-state index contributed by atoms with van der Waals surface area (Å²) < 4.78 is 11.9. The summed E-state index contributed by atoms with van der Waals surface area (Å²) in [4.78, 5) is 42.3. The zero-order chi connectivity index (χ0) is 24.2. The summed E-state index contributed by atoms with van der Waals surface area (Å²) in [6.45, 7) is 1.52. The number of hydrogen-bond acceptors (Lipinski definition) is 10. The highest BCUT2D eigenvalue weighted by Crippen LogP contribution is 2.28. The zero-order valence-corrected chi connectivity index (χ0v) is 19.8. The number of ether oxygens (including phenoxy) is 2. The number of nitrogens with zero attached hydrogens (tertiary/aromatic N) is 5. The van der Waals surface area contributed by atoms with Crippen LogP contribution in [0.15, 0.2) is 54.0 Å². The van der Waals surface area contributed by atoms with Crippen molar-refractivity contribution in [2.75, 3.05) is 18.0 Å². The molecule has 35 heavy (non-hydrogen) atoms. The van der Waals surface area contributed by atoms with Gasteiger partial charge >= 0.3 is 0 Å². The Morgan fingerprint density at radius 1 is 1.03 bits per heavy atom. The molecule has 5 rings (SSSR count). The summed E-state index contributed by atoms with van der Waals surface area (Å²) in [7, 11) is 0. The second-order valence-corrected chi connectivity index (χ2v) is 9.17. The number of amides is 2. The molecule has 2 aliphatic rings. The molecule has 0 spiro atoms. The first-order chi connectivity index (χ1) is 17.0. The molecule has 2 aliphatic heterocycles.